The van der Waals surface area contributed by atoms with Gasteiger partial charge >= 0.3 is 11.9 Å². The predicted molar refractivity (Wildman–Crippen MR) is 153 cm³/mol. The van der Waals surface area contributed by atoms with Crippen LogP contribution in [0.15, 0.2) is 30.5 Å². The molecule has 1 heterocycles. The predicted octanol–water partition coefficient (Wildman–Crippen LogP) is 0.617. The van der Waals surface area contributed by atoms with Crippen molar-refractivity contribution in [3.63, 3.8) is 0 Å². The third-order valence-electron chi connectivity index (χ3n) is 6.64. The maximum Gasteiger partial charge on any atom is 0.326 e. The van der Waals surface area contributed by atoms with Crippen LogP contribution in [0.1, 0.15) is 57.9 Å². The van der Waals surface area contributed by atoms with Crippen LogP contribution in [-0.4, -0.2) is 75.6 Å². The van der Waals surface area contributed by atoms with Crippen LogP contribution in [0.5, 0.6) is 0 Å². The summed E-state index contributed by atoms with van der Waals surface area (Å²) in [4.78, 5) is 65.3. The second-order valence-electron chi connectivity index (χ2n) is 10.5. The molecule has 0 aliphatic rings. The molecule has 0 saturated carbocycles. The number of nitrogens with two attached hydrogens (primary N) is 2. The van der Waals surface area contributed by atoms with Gasteiger partial charge in [0, 0.05) is 29.9 Å². The normalized spacial score (nSPS) is 14.2. The molecule has 41 heavy (non-hydrogen) atoms. The van der Waals surface area contributed by atoms with Gasteiger partial charge in [-0.1, -0.05) is 32.0 Å². The average molecular weight is 575 g/mol. The van der Waals surface area contributed by atoms with Crippen LogP contribution in [0.4, 0.5) is 0 Å². The van der Waals surface area contributed by atoms with Crippen LogP contribution < -0.4 is 27.4 Å². The third kappa shape index (κ3) is 10.8. The third-order valence-corrected chi connectivity index (χ3v) is 6.64. The average Bonchev–Trinajstić information content (AvgIpc) is 3.31. The molecule has 0 spiro atoms. The lowest BCUT2D eigenvalue weighted by Gasteiger charge is -2.25. The number of amides is 3. The number of hydrogen-bond donors (Lipinski definition) is 8. The number of aromatic amines is 1. The maximum absolute atomic E-state index is 13.6. The summed E-state index contributed by atoms with van der Waals surface area (Å²) in [5.41, 5.74) is 13.3. The maximum atomic E-state index is 13.6. The smallest absolute Gasteiger partial charge is 0.326 e. The minimum Gasteiger partial charge on any atom is -0.481 e. The summed E-state index contributed by atoms with van der Waals surface area (Å²) < 4.78 is 0. The van der Waals surface area contributed by atoms with E-state index in [9.17, 15) is 29.1 Å². The summed E-state index contributed by atoms with van der Waals surface area (Å²) >= 11 is 0. The Morgan fingerprint density at radius 2 is 1.51 bits per heavy atom. The SMILES string of the molecule is CC(C)CC(N)C(=O)NC(Cc1c[nH]c2ccccc12)C(=O)NC(CCCCN)C(=O)NC(CCC(=O)O)C(=O)O. The summed E-state index contributed by atoms with van der Waals surface area (Å²) in [6, 6.07) is 2.95. The van der Waals surface area contributed by atoms with Gasteiger partial charge in [0.05, 0.1) is 6.04 Å². The molecule has 3 amide bonds. The molecule has 0 saturated heterocycles. The molecule has 4 unspecified atom stereocenters. The number of carboxylic acid groups (broad SMARTS) is 2. The summed E-state index contributed by atoms with van der Waals surface area (Å²) in [7, 11) is 0. The molecular formula is C28H42N6O7. The Morgan fingerprint density at radius 3 is 2.15 bits per heavy atom. The highest BCUT2D eigenvalue weighted by Gasteiger charge is 2.31. The Kier molecular flexibility index (Phi) is 13.2. The molecule has 1 aromatic heterocycles. The van der Waals surface area contributed by atoms with E-state index in [4.69, 9.17) is 16.6 Å². The number of para-hydroxylation sites is 1. The minimum atomic E-state index is -1.46. The number of aromatic nitrogens is 1. The number of carbonyl (C=O) groups is 5. The highest BCUT2D eigenvalue weighted by atomic mass is 16.4. The fourth-order valence-electron chi connectivity index (χ4n) is 4.45. The molecule has 0 aliphatic heterocycles. The van der Waals surface area contributed by atoms with E-state index in [0.717, 1.165) is 16.5 Å². The highest BCUT2D eigenvalue weighted by molar-refractivity contribution is 5.95. The van der Waals surface area contributed by atoms with E-state index in [2.05, 4.69) is 20.9 Å². The van der Waals surface area contributed by atoms with E-state index >= 15 is 0 Å². The van der Waals surface area contributed by atoms with E-state index in [-0.39, 0.29) is 25.2 Å². The Morgan fingerprint density at radius 1 is 0.878 bits per heavy atom. The van der Waals surface area contributed by atoms with Gasteiger partial charge in [0.25, 0.3) is 0 Å². The molecule has 2 rings (SSSR count). The largest absolute Gasteiger partial charge is 0.481 e. The number of rotatable bonds is 18. The molecular weight excluding hydrogens is 532 g/mol. The number of carboxylic acids is 2. The number of H-pyrrole nitrogens is 1. The zero-order valence-electron chi connectivity index (χ0n) is 23.5. The second-order valence-corrected chi connectivity index (χ2v) is 10.5. The number of fused-ring (bicyclic) bond motifs is 1. The van der Waals surface area contributed by atoms with Crippen LogP contribution in [0.3, 0.4) is 0 Å². The van der Waals surface area contributed by atoms with Gasteiger partial charge in [-0.15, -0.1) is 0 Å². The molecule has 0 radical (unpaired) electrons. The van der Waals surface area contributed by atoms with Crippen LogP contribution in [0.2, 0.25) is 0 Å². The van der Waals surface area contributed by atoms with Crippen molar-refractivity contribution in [3.05, 3.63) is 36.0 Å². The zero-order valence-corrected chi connectivity index (χ0v) is 23.5. The van der Waals surface area contributed by atoms with Gasteiger partial charge in [0.1, 0.15) is 18.1 Å². The van der Waals surface area contributed by atoms with Crippen molar-refractivity contribution < 1.29 is 34.2 Å². The van der Waals surface area contributed by atoms with Crippen molar-refractivity contribution in [2.24, 2.45) is 17.4 Å². The van der Waals surface area contributed by atoms with Gasteiger partial charge in [-0.2, -0.15) is 0 Å². The summed E-state index contributed by atoms with van der Waals surface area (Å²) in [5.74, 6) is -4.38. The Labute approximate surface area is 238 Å². The molecule has 2 aromatic rings. The van der Waals surface area contributed by atoms with E-state index in [1.165, 1.54) is 0 Å². The molecule has 0 aliphatic carbocycles. The summed E-state index contributed by atoms with van der Waals surface area (Å²) in [5, 5.41) is 27.0. The lowest BCUT2D eigenvalue weighted by Crippen LogP contribution is -2.57. The van der Waals surface area contributed by atoms with Gasteiger partial charge < -0.3 is 42.6 Å². The molecule has 1 aromatic carbocycles. The molecule has 226 valence electrons. The fourth-order valence-corrected chi connectivity index (χ4v) is 4.45. The summed E-state index contributed by atoms with van der Waals surface area (Å²) in [6.45, 7) is 4.20. The number of benzene rings is 1. The van der Waals surface area contributed by atoms with Gasteiger partial charge in [-0.05, 0) is 56.2 Å². The first-order chi connectivity index (χ1) is 19.4. The molecule has 0 fully saturated rings. The van der Waals surface area contributed by atoms with Crippen LogP contribution in [0.25, 0.3) is 10.9 Å². The van der Waals surface area contributed by atoms with Crippen LogP contribution in [0, 0.1) is 5.92 Å². The molecule has 4 atom stereocenters. The standard InChI is InChI=1S/C28H42N6O7/c1-16(2)13-19(30)25(37)34-23(14-17-15-31-20-8-4-3-7-18(17)20)27(39)32-21(9-5-6-12-29)26(38)33-22(28(40)41)10-11-24(35)36/h3-4,7-8,15-16,19,21-23,31H,5-6,9-14,29-30H2,1-2H3,(H,32,39)(H,33,38)(H,34,37)(H,35,36)(H,40,41). The molecule has 13 heteroatoms. The highest BCUT2D eigenvalue weighted by Crippen LogP contribution is 2.19. The number of nitrogens with one attached hydrogen (secondary N) is 4. The van der Waals surface area contributed by atoms with Gasteiger partial charge in [-0.25, -0.2) is 4.79 Å². The van der Waals surface area contributed by atoms with Crippen molar-refractivity contribution in [2.45, 2.75) is 83.0 Å². The Bertz CT molecular complexity index is 1200. The quantitative estimate of drug-likeness (QED) is 0.116. The van der Waals surface area contributed by atoms with Gasteiger partial charge in [0.15, 0.2) is 0 Å². The number of hydrogen-bond acceptors (Lipinski definition) is 7. The van der Waals surface area contributed by atoms with Crippen molar-refractivity contribution in [1.29, 1.82) is 0 Å². The number of unbranched alkanes of at least 4 members (excludes halogenated alkanes) is 1. The van der Waals surface area contributed by atoms with Crippen molar-refractivity contribution >= 4 is 40.6 Å². The molecule has 13 nitrogen and oxygen atoms in total. The summed E-state index contributed by atoms with van der Waals surface area (Å²) in [6.07, 6.45) is 2.63. The first-order valence-electron chi connectivity index (χ1n) is 13.8. The topological polar surface area (TPSA) is 230 Å². The van der Waals surface area contributed by atoms with Crippen molar-refractivity contribution in [1.82, 2.24) is 20.9 Å². The van der Waals surface area contributed by atoms with E-state index in [1.807, 2.05) is 38.1 Å². The van der Waals surface area contributed by atoms with E-state index in [0.29, 0.717) is 25.8 Å². The lowest BCUT2D eigenvalue weighted by molar-refractivity contribution is -0.143. The second kappa shape index (κ2) is 16.3. The first-order valence-corrected chi connectivity index (χ1v) is 13.8. The van der Waals surface area contributed by atoms with E-state index in [1.54, 1.807) is 6.20 Å². The van der Waals surface area contributed by atoms with Crippen molar-refractivity contribution in [3.8, 4) is 0 Å². The van der Waals surface area contributed by atoms with E-state index < -0.39 is 60.2 Å². The minimum absolute atomic E-state index is 0.101. The monoisotopic (exact) mass is 574 g/mol. The number of aliphatic carboxylic acids is 2. The van der Waals surface area contributed by atoms with Gasteiger partial charge in [-0.3, -0.25) is 19.2 Å². The first kappa shape index (κ1) is 33.2. The lowest BCUT2D eigenvalue weighted by atomic mass is 10.0. The zero-order chi connectivity index (χ0) is 30.5. The fraction of sp³-hybridized carbons (Fsp3) is 0.536. The molecule has 10 N–H and O–H groups in total. The Balaban J connectivity index is 2.29. The van der Waals surface area contributed by atoms with Crippen LogP contribution >= 0.6 is 0 Å². The number of carbonyl (C=O) groups excluding carboxylic acids is 3. The van der Waals surface area contributed by atoms with Crippen molar-refractivity contribution in [2.75, 3.05) is 6.54 Å². The van der Waals surface area contributed by atoms with Gasteiger partial charge in [0.2, 0.25) is 17.7 Å². The molecule has 0 bridgehead atoms. The van der Waals surface area contributed by atoms with Crippen LogP contribution in [-0.2, 0) is 30.4 Å². The Hall–Kier alpha value is -3.97.